The van der Waals surface area contributed by atoms with Crippen molar-refractivity contribution in [2.75, 3.05) is 18.1 Å². The molecule has 1 amide bonds. The van der Waals surface area contributed by atoms with Crippen LogP contribution in [-0.2, 0) is 15.3 Å². The molecular formula is C35H34FN3O5S2. The van der Waals surface area contributed by atoms with Crippen LogP contribution < -0.4 is 14.4 Å². The molecule has 238 valence electrons. The van der Waals surface area contributed by atoms with Crippen molar-refractivity contribution in [1.29, 1.82) is 0 Å². The predicted molar refractivity (Wildman–Crippen MR) is 179 cm³/mol. The molecule has 0 aliphatic carbocycles. The number of allylic oxidation sites excluding steroid dienone is 1. The standard InChI is InChI=1S/C35H34FN3O5S2/c1-3-5-11-20-44-28-19-17-24(21-29(28)43-4-2)31-30(27(40)18-16-23-12-7-6-8-13-23)32(41)33(42)39(31)34-37-38-35(46-34)45-22-25-14-9-10-15-26(25)36/h6-10,12-19,21,31,41H,3-5,11,20,22H2,1-2H3. The zero-order valence-electron chi connectivity index (χ0n) is 25.5. The van der Waals surface area contributed by atoms with Crippen molar-refractivity contribution in [3.63, 3.8) is 0 Å². The second-order valence-electron chi connectivity index (χ2n) is 10.4. The van der Waals surface area contributed by atoms with Crippen molar-refractivity contribution in [2.24, 2.45) is 0 Å². The van der Waals surface area contributed by atoms with Crippen molar-refractivity contribution in [2.45, 2.75) is 49.2 Å². The lowest BCUT2D eigenvalue weighted by molar-refractivity contribution is -0.117. The molecule has 0 spiro atoms. The van der Waals surface area contributed by atoms with Gasteiger partial charge < -0.3 is 14.6 Å². The summed E-state index contributed by atoms with van der Waals surface area (Å²) < 4.78 is 26.6. The summed E-state index contributed by atoms with van der Waals surface area (Å²) in [6, 6.07) is 19.9. The Labute approximate surface area is 275 Å². The Morgan fingerprint density at radius 1 is 1.02 bits per heavy atom. The molecule has 0 saturated carbocycles. The molecule has 2 heterocycles. The SMILES string of the molecule is CCCCCOc1ccc(C2C(C(=O)C=Cc3ccccc3)=C(O)C(=O)N2c2nnc(SCc3ccccc3F)s2)cc1OCC. The van der Waals surface area contributed by atoms with E-state index in [1.807, 2.05) is 37.3 Å². The topological polar surface area (TPSA) is 102 Å². The summed E-state index contributed by atoms with van der Waals surface area (Å²) in [5, 5.41) is 19.8. The van der Waals surface area contributed by atoms with Gasteiger partial charge in [-0.1, -0.05) is 104 Å². The molecule has 1 aliphatic rings. The fraction of sp³-hybridized carbons (Fsp3) is 0.257. The van der Waals surface area contributed by atoms with Crippen molar-refractivity contribution in [3.8, 4) is 11.5 Å². The summed E-state index contributed by atoms with van der Waals surface area (Å²) in [5.74, 6) is -0.974. The van der Waals surface area contributed by atoms with Crippen molar-refractivity contribution >= 4 is 46.0 Å². The van der Waals surface area contributed by atoms with E-state index in [9.17, 15) is 19.1 Å². The number of aromatic nitrogens is 2. The number of unbranched alkanes of at least 4 members (excludes halogenated alkanes) is 2. The first-order valence-electron chi connectivity index (χ1n) is 15.0. The number of hydrogen-bond acceptors (Lipinski definition) is 9. The van der Waals surface area contributed by atoms with Crippen LogP contribution in [0.25, 0.3) is 6.08 Å². The number of nitrogens with zero attached hydrogens (tertiary/aromatic N) is 3. The van der Waals surface area contributed by atoms with Crippen LogP contribution in [0.15, 0.2) is 94.5 Å². The first kappa shape index (κ1) is 32.9. The maximum Gasteiger partial charge on any atom is 0.296 e. The molecule has 11 heteroatoms. The molecule has 1 aliphatic heterocycles. The highest BCUT2D eigenvalue weighted by molar-refractivity contribution is 8.00. The van der Waals surface area contributed by atoms with Gasteiger partial charge in [-0.15, -0.1) is 10.2 Å². The van der Waals surface area contributed by atoms with Gasteiger partial charge in [0.15, 0.2) is 27.4 Å². The van der Waals surface area contributed by atoms with E-state index in [-0.39, 0.29) is 16.5 Å². The number of hydrogen-bond donors (Lipinski definition) is 1. The minimum Gasteiger partial charge on any atom is -0.503 e. The Hall–Kier alpha value is -4.48. The van der Waals surface area contributed by atoms with Gasteiger partial charge in [0.2, 0.25) is 5.13 Å². The van der Waals surface area contributed by atoms with Gasteiger partial charge in [0.25, 0.3) is 5.91 Å². The molecule has 1 unspecified atom stereocenters. The number of halogens is 1. The monoisotopic (exact) mass is 659 g/mol. The number of aliphatic hydroxyl groups excluding tert-OH is 1. The summed E-state index contributed by atoms with van der Waals surface area (Å²) in [6.07, 6.45) is 5.97. The van der Waals surface area contributed by atoms with Gasteiger partial charge in [-0.3, -0.25) is 14.5 Å². The average molecular weight is 660 g/mol. The van der Waals surface area contributed by atoms with Crippen molar-refractivity contribution in [1.82, 2.24) is 10.2 Å². The number of carbonyl (C=O) groups excluding carboxylic acids is 2. The maximum atomic E-state index is 14.2. The first-order chi connectivity index (χ1) is 22.4. The molecule has 8 nitrogen and oxygen atoms in total. The number of aliphatic hydroxyl groups is 1. The lowest BCUT2D eigenvalue weighted by atomic mass is 9.95. The van der Waals surface area contributed by atoms with E-state index in [0.29, 0.717) is 45.9 Å². The highest BCUT2D eigenvalue weighted by Crippen LogP contribution is 2.45. The number of thioether (sulfide) groups is 1. The normalized spacial score (nSPS) is 14.8. The van der Waals surface area contributed by atoms with Crippen LogP contribution in [-0.4, -0.2) is 40.2 Å². The second-order valence-corrected chi connectivity index (χ2v) is 12.6. The molecule has 5 rings (SSSR count). The molecular weight excluding hydrogens is 626 g/mol. The molecule has 0 saturated heterocycles. The van der Waals surface area contributed by atoms with Gasteiger partial charge in [-0.2, -0.15) is 0 Å². The van der Waals surface area contributed by atoms with E-state index < -0.39 is 23.5 Å². The minimum absolute atomic E-state index is 0.0907. The molecule has 3 aromatic carbocycles. The fourth-order valence-corrected chi connectivity index (χ4v) is 6.78. The van der Waals surface area contributed by atoms with Crippen molar-refractivity contribution < 1.29 is 28.6 Å². The Kier molecular flexibility index (Phi) is 11.2. The van der Waals surface area contributed by atoms with E-state index in [2.05, 4.69) is 17.1 Å². The average Bonchev–Trinajstić information content (AvgIpc) is 3.64. The fourth-order valence-electron chi connectivity index (χ4n) is 4.93. The van der Waals surface area contributed by atoms with Crippen LogP contribution in [0.4, 0.5) is 9.52 Å². The Balaban J connectivity index is 1.50. The Morgan fingerprint density at radius 2 is 1.80 bits per heavy atom. The summed E-state index contributed by atoms with van der Waals surface area (Å²) >= 11 is 2.39. The largest absolute Gasteiger partial charge is 0.503 e. The quantitative estimate of drug-likeness (QED) is 0.0591. The second kappa shape index (κ2) is 15.7. The van der Waals surface area contributed by atoms with Crippen LogP contribution in [0.5, 0.6) is 11.5 Å². The van der Waals surface area contributed by atoms with Crippen LogP contribution in [0, 0.1) is 5.82 Å². The summed E-state index contributed by atoms with van der Waals surface area (Å²) in [6.45, 7) is 4.87. The van der Waals surface area contributed by atoms with Crippen LogP contribution in [0.2, 0.25) is 0 Å². The first-order valence-corrected chi connectivity index (χ1v) is 16.8. The molecule has 4 aromatic rings. The number of anilines is 1. The maximum absolute atomic E-state index is 14.2. The zero-order chi connectivity index (χ0) is 32.5. The number of ether oxygens (including phenoxy) is 2. The third-order valence-electron chi connectivity index (χ3n) is 7.20. The lowest BCUT2D eigenvalue weighted by Gasteiger charge is -2.24. The molecule has 1 atom stereocenters. The van der Waals surface area contributed by atoms with E-state index in [1.54, 1.807) is 42.5 Å². The van der Waals surface area contributed by atoms with Gasteiger partial charge in [0.1, 0.15) is 5.82 Å². The van der Waals surface area contributed by atoms with E-state index in [0.717, 1.165) is 36.2 Å². The van der Waals surface area contributed by atoms with Gasteiger partial charge in [0, 0.05) is 5.75 Å². The predicted octanol–water partition coefficient (Wildman–Crippen LogP) is 8.12. The van der Waals surface area contributed by atoms with Crippen LogP contribution in [0.3, 0.4) is 0 Å². The Morgan fingerprint density at radius 3 is 2.57 bits per heavy atom. The number of rotatable bonds is 15. The third kappa shape index (κ3) is 7.66. The molecule has 46 heavy (non-hydrogen) atoms. The number of amides is 1. The highest BCUT2D eigenvalue weighted by atomic mass is 32.2. The van der Waals surface area contributed by atoms with Gasteiger partial charge in [-0.05, 0) is 54.3 Å². The van der Waals surface area contributed by atoms with Gasteiger partial charge >= 0.3 is 0 Å². The van der Waals surface area contributed by atoms with Crippen LogP contribution in [0.1, 0.15) is 55.8 Å². The van der Waals surface area contributed by atoms with Gasteiger partial charge in [0.05, 0.1) is 24.8 Å². The number of carbonyl (C=O) groups is 2. The Bertz CT molecular complexity index is 1740. The smallest absolute Gasteiger partial charge is 0.296 e. The highest BCUT2D eigenvalue weighted by Gasteiger charge is 2.45. The minimum atomic E-state index is -1.02. The van der Waals surface area contributed by atoms with Crippen LogP contribution >= 0.6 is 23.1 Å². The van der Waals surface area contributed by atoms with E-state index in [4.69, 9.17) is 9.47 Å². The molecule has 1 aromatic heterocycles. The van der Waals surface area contributed by atoms with Crippen molar-refractivity contribution in [3.05, 3.63) is 113 Å². The summed E-state index contributed by atoms with van der Waals surface area (Å²) in [4.78, 5) is 28.6. The molecule has 0 fully saturated rings. The van der Waals surface area contributed by atoms with E-state index >= 15 is 0 Å². The summed E-state index contributed by atoms with van der Waals surface area (Å²) in [7, 11) is 0. The lowest BCUT2D eigenvalue weighted by Crippen LogP contribution is -2.31. The molecule has 0 radical (unpaired) electrons. The molecule has 0 bridgehead atoms. The number of ketones is 1. The number of benzene rings is 3. The third-order valence-corrected chi connectivity index (χ3v) is 9.30. The molecule has 1 N–H and O–H groups in total. The zero-order valence-corrected chi connectivity index (χ0v) is 27.2. The summed E-state index contributed by atoms with van der Waals surface area (Å²) in [5.41, 5.74) is 1.73. The van der Waals surface area contributed by atoms with Gasteiger partial charge in [-0.25, -0.2) is 4.39 Å². The van der Waals surface area contributed by atoms with E-state index in [1.165, 1.54) is 28.8 Å².